The van der Waals surface area contributed by atoms with E-state index < -0.39 is 5.97 Å². The van der Waals surface area contributed by atoms with Crippen molar-refractivity contribution in [1.82, 2.24) is 0 Å². The third kappa shape index (κ3) is 2.32. The number of carbonyl (C=O) groups excluding carboxylic acids is 1. The zero-order chi connectivity index (χ0) is 13.1. The van der Waals surface area contributed by atoms with E-state index >= 15 is 0 Å². The zero-order valence-corrected chi connectivity index (χ0v) is 9.79. The van der Waals surface area contributed by atoms with Crippen LogP contribution in [-0.2, 0) is 9.53 Å². The molecule has 0 spiro atoms. The lowest BCUT2D eigenvalue weighted by Gasteiger charge is -2.10. The van der Waals surface area contributed by atoms with Gasteiger partial charge in [-0.2, -0.15) is 5.01 Å². The van der Waals surface area contributed by atoms with Crippen LogP contribution in [0.1, 0.15) is 23.7 Å². The molecular weight excluding hydrogens is 236 g/mol. The number of amides is 1. The largest absolute Gasteiger partial charge is 0.480 e. The van der Waals surface area contributed by atoms with E-state index in [1.165, 1.54) is 17.1 Å². The maximum absolute atomic E-state index is 11.7. The van der Waals surface area contributed by atoms with Crippen molar-refractivity contribution < 1.29 is 19.4 Å². The molecule has 1 N–H and O–H groups in total. The predicted octanol–water partition coefficient (Wildman–Crippen LogP) is 1.47. The monoisotopic (exact) mass is 248 g/mol. The molecule has 0 unspecified atom stereocenters. The molecule has 0 aromatic heterocycles. The molecule has 1 amide bonds. The minimum atomic E-state index is -1.01. The van der Waals surface area contributed by atoms with E-state index in [1.807, 2.05) is 6.92 Å². The number of carbonyl (C=O) groups is 2. The minimum absolute atomic E-state index is 0.133. The fraction of sp³-hybridized carbons (Fsp3) is 0.250. The summed E-state index contributed by atoms with van der Waals surface area (Å²) in [7, 11) is 0. The van der Waals surface area contributed by atoms with Gasteiger partial charge in [-0.15, -0.1) is 5.10 Å². The van der Waals surface area contributed by atoms with Crippen LogP contribution in [0.3, 0.4) is 0 Å². The number of carboxylic acids is 1. The number of nitrogens with zero attached hydrogens (tertiary/aromatic N) is 2. The molecule has 0 bridgehead atoms. The summed E-state index contributed by atoms with van der Waals surface area (Å²) in [6.45, 7) is 2.27. The Balaban J connectivity index is 2.21. The van der Waals surface area contributed by atoms with Crippen LogP contribution in [0.25, 0.3) is 0 Å². The Labute approximate surface area is 103 Å². The van der Waals surface area contributed by atoms with Gasteiger partial charge >= 0.3 is 5.97 Å². The Morgan fingerprint density at radius 3 is 2.67 bits per heavy atom. The SMILES string of the molecule is CCOC1=NN(c2ccc(C(=O)O)cc2)C(=O)C1. The predicted molar refractivity (Wildman–Crippen MR) is 64.6 cm³/mol. The molecule has 1 aromatic rings. The molecule has 1 aliphatic heterocycles. The number of anilines is 1. The molecule has 18 heavy (non-hydrogen) atoms. The van der Waals surface area contributed by atoms with Crippen LogP contribution in [0, 0.1) is 0 Å². The summed E-state index contributed by atoms with van der Waals surface area (Å²) in [5.41, 5.74) is 0.694. The lowest BCUT2D eigenvalue weighted by atomic mass is 10.2. The highest BCUT2D eigenvalue weighted by atomic mass is 16.5. The maximum atomic E-state index is 11.7. The molecule has 6 heteroatoms. The zero-order valence-electron chi connectivity index (χ0n) is 9.79. The minimum Gasteiger partial charge on any atom is -0.480 e. The molecule has 1 aromatic carbocycles. The number of rotatable bonds is 3. The van der Waals surface area contributed by atoms with Crippen molar-refractivity contribution in [2.45, 2.75) is 13.3 Å². The Hall–Kier alpha value is -2.37. The number of aromatic carboxylic acids is 1. The highest BCUT2D eigenvalue weighted by molar-refractivity contribution is 6.10. The fourth-order valence-electron chi connectivity index (χ4n) is 1.60. The van der Waals surface area contributed by atoms with Crippen molar-refractivity contribution >= 4 is 23.5 Å². The summed E-state index contributed by atoms with van der Waals surface area (Å²) in [6, 6.07) is 5.94. The topological polar surface area (TPSA) is 79.2 Å². The molecule has 6 nitrogen and oxygen atoms in total. The highest BCUT2D eigenvalue weighted by Crippen LogP contribution is 2.21. The van der Waals surface area contributed by atoms with Gasteiger partial charge in [0.25, 0.3) is 5.91 Å². The van der Waals surface area contributed by atoms with Gasteiger partial charge in [0, 0.05) is 0 Å². The average molecular weight is 248 g/mol. The average Bonchev–Trinajstić information content (AvgIpc) is 2.71. The molecular formula is C12H12N2O4. The van der Waals surface area contributed by atoms with Crippen molar-refractivity contribution in [3.63, 3.8) is 0 Å². The van der Waals surface area contributed by atoms with Gasteiger partial charge in [0.05, 0.1) is 17.9 Å². The second-order valence-corrected chi connectivity index (χ2v) is 3.66. The van der Waals surface area contributed by atoms with Gasteiger partial charge in [-0.05, 0) is 31.2 Å². The van der Waals surface area contributed by atoms with E-state index in [0.29, 0.717) is 18.2 Å². The number of hydrazone groups is 1. The molecule has 1 aliphatic rings. The first kappa shape index (κ1) is 12.1. The van der Waals surface area contributed by atoms with E-state index in [9.17, 15) is 9.59 Å². The third-order valence-electron chi connectivity index (χ3n) is 2.42. The van der Waals surface area contributed by atoms with Crippen molar-refractivity contribution in [2.24, 2.45) is 5.10 Å². The summed E-state index contributed by atoms with van der Waals surface area (Å²) >= 11 is 0. The second kappa shape index (κ2) is 4.87. The smallest absolute Gasteiger partial charge is 0.335 e. The van der Waals surface area contributed by atoms with Crippen molar-refractivity contribution in [1.29, 1.82) is 0 Å². The molecule has 94 valence electrons. The number of carboxylic acid groups (broad SMARTS) is 1. The van der Waals surface area contributed by atoms with Crippen molar-refractivity contribution in [3.05, 3.63) is 29.8 Å². The van der Waals surface area contributed by atoms with Gasteiger partial charge in [-0.1, -0.05) is 0 Å². The standard InChI is InChI=1S/C12H12N2O4/c1-2-18-10-7-11(15)14(13-10)9-5-3-8(4-6-9)12(16)17/h3-6H,2,7H2,1H3,(H,16,17). The number of ether oxygens (including phenoxy) is 1. The number of hydrogen-bond donors (Lipinski definition) is 1. The van der Waals surface area contributed by atoms with Crippen LogP contribution in [0.15, 0.2) is 29.4 Å². The number of hydrogen-bond acceptors (Lipinski definition) is 4. The Morgan fingerprint density at radius 1 is 1.44 bits per heavy atom. The van der Waals surface area contributed by atoms with Crippen molar-refractivity contribution in [2.75, 3.05) is 11.6 Å². The van der Waals surface area contributed by atoms with E-state index in [4.69, 9.17) is 9.84 Å². The second-order valence-electron chi connectivity index (χ2n) is 3.66. The Bertz CT molecular complexity index is 507. The van der Waals surface area contributed by atoms with E-state index in [1.54, 1.807) is 12.1 Å². The fourth-order valence-corrected chi connectivity index (χ4v) is 1.60. The molecule has 0 atom stereocenters. The molecule has 1 heterocycles. The quantitative estimate of drug-likeness (QED) is 0.878. The van der Waals surface area contributed by atoms with Gasteiger partial charge in [0.1, 0.15) is 6.42 Å². The summed E-state index contributed by atoms with van der Waals surface area (Å²) in [5.74, 6) is -0.820. The molecule has 0 saturated heterocycles. The molecule has 0 saturated carbocycles. The van der Waals surface area contributed by atoms with Gasteiger partial charge in [0.2, 0.25) is 5.90 Å². The van der Waals surface area contributed by atoms with Crippen LogP contribution in [0.2, 0.25) is 0 Å². The first-order valence-corrected chi connectivity index (χ1v) is 5.48. The molecule has 0 fully saturated rings. The highest BCUT2D eigenvalue weighted by Gasteiger charge is 2.26. The van der Waals surface area contributed by atoms with E-state index in [2.05, 4.69) is 5.10 Å². The van der Waals surface area contributed by atoms with Gasteiger partial charge in [-0.3, -0.25) is 4.79 Å². The normalized spacial score (nSPS) is 14.6. The van der Waals surface area contributed by atoms with Gasteiger partial charge in [-0.25, -0.2) is 4.79 Å². The molecule has 0 radical (unpaired) electrons. The van der Waals surface area contributed by atoms with Crippen LogP contribution in [-0.4, -0.2) is 29.5 Å². The van der Waals surface area contributed by atoms with Crippen LogP contribution >= 0.6 is 0 Å². The summed E-state index contributed by atoms with van der Waals surface area (Å²) in [4.78, 5) is 22.4. The lowest BCUT2D eigenvalue weighted by molar-refractivity contribution is -0.117. The van der Waals surface area contributed by atoms with Crippen LogP contribution in [0.4, 0.5) is 5.69 Å². The number of benzene rings is 1. The van der Waals surface area contributed by atoms with Crippen LogP contribution < -0.4 is 5.01 Å². The lowest BCUT2D eigenvalue weighted by Crippen LogP contribution is -2.19. The summed E-state index contributed by atoms with van der Waals surface area (Å²) < 4.78 is 5.18. The first-order chi connectivity index (χ1) is 8.61. The Kier molecular flexibility index (Phi) is 3.27. The summed E-state index contributed by atoms with van der Waals surface area (Å²) in [6.07, 6.45) is 0.133. The summed E-state index contributed by atoms with van der Waals surface area (Å²) in [5, 5.41) is 14.0. The molecule has 2 rings (SSSR count). The van der Waals surface area contributed by atoms with Crippen LogP contribution in [0.5, 0.6) is 0 Å². The first-order valence-electron chi connectivity index (χ1n) is 5.48. The van der Waals surface area contributed by atoms with Crippen molar-refractivity contribution in [3.8, 4) is 0 Å². The van der Waals surface area contributed by atoms with Gasteiger partial charge < -0.3 is 9.84 Å². The Morgan fingerprint density at radius 2 is 2.11 bits per heavy atom. The van der Waals surface area contributed by atoms with Gasteiger partial charge in [0.15, 0.2) is 0 Å². The van der Waals surface area contributed by atoms with E-state index in [0.717, 1.165) is 0 Å². The molecule has 0 aliphatic carbocycles. The maximum Gasteiger partial charge on any atom is 0.335 e. The third-order valence-corrected chi connectivity index (χ3v) is 2.42. The van der Waals surface area contributed by atoms with E-state index in [-0.39, 0.29) is 17.9 Å².